The number of halogens is 1. The summed E-state index contributed by atoms with van der Waals surface area (Å²) in [6.45, 7) is 6.82. The number of aldehydes is 1. The van der Waals surface area contributed by atoms with Gasteiger partial charge in [0.05, 0.1) is 17.3 Å². The number of carbonyl (C=O) groups excluding carboxylic acids is 1. The van der Waals surface area contributed by atoms with Crippen LogP contribution in [0, 0.1) is 24.2 Å². The molecular weight excluding hydrogens is 486 g/mol. The lowest BCUT2D eigenvalue weighted by Gasteiger charge is -2.15. The number of benzene rings is 2. The third-order valence-electron chi connectivity index (χ3n) is 4.98. The molecule has 0 aliphatic heterocycles. The Labute approximate surface area is 203 Å². The van der Waals surface area contributed by atoms with Gasteiger partial charge in [0, 0.05) is 21.5 Å². The molecule has 168 valence electrons. The van der Waals surface area contributed by atoms with Gasteiger partial charge < -0.3 is 14.8 Å². The number of ether oxygens (including phenoxy) is 1. The van der Waals surface area contributed by atoms with E-state index in [0.29, 0.717) is 5.56 Å². The highest BCUT2D eigenvalue weighted by atomic mass is 79.9. The minimum Gasteiger partial charge on any atom is -0.488 e. The molecule has 0 amide bonds. The number of carbonyl (C=O) groups is 1. The number of nitrogens with one attached hydrogen (secondary N) is 1. The third-order valence-corrected chi connectivity index (χ3v) is 6.34. The number of para-hydroxylation sites is 1. The summed E-state index contributed by atoms with van der Waals surface area (Å²) in [7, 11) is 1.89. The molecule has 0 aliphatic carbocycles. The predicted octanol–water partition coefficient (Wildman–Crippen LogP) is 5.76. The lowest BCUT2D eigenvalue weighted by atomic mass is 10.1. The van der Waals surface area contributed by atoms with E-state index >= 15 is 0 Å². The summed E-state index contributed by atoms with van der Waals surface area (Å²) in [5, 5.41) is 14.5. The smallest absolute Gasteiger partial charge is 0.132 e. The van der Waals surface area contributed by atoms with Crippen molar-refractivity contribution in [3.63, 3.8) is 0 Å². The summed E-state index contributed by atoms with van der Waals surface area (Å²) in [6.07, 6.45) is 2.69. The Balaban J connectivity index is 2.14. The van der Waals surface area contributed by atoms with Gasteiger partial charge in [-0.15, -0.1) is 11.8 Å². The molecule has 0 saturated carbocycles. The van der Waals surface area contributed by atoms with E-state index in [2.05, 4.69) is 39.0 Å². The largest absolute Gasteiger partial charge is 0.488 e. The zero-order chi connectivity index (χ0) is 23.3. The number of aryl methyl sites for hydroxylation is 1. The number of hydrogen-bond acceptors (Lipinski definition) is 6. The SMILES string of the molecule is C=N/C(=C\SCCC(C=O)CCNC)c1cccc(C)c1OCc1ccc(Br)cc1C#N. The highest BCUT2D eigenvalue weighted by Crippen LogP contribution is 2.33. The van der Waals surface area contributed by atoms with Crippen LogP contribution in [0.3, 0.4) is 0 Å². The topological polar surface area (TPSA) is 74.5 Å². The van der Waals surface area contributed by atoms with Crippen LogP contribution in [-0.2, 0) is 11.4 Å². The molecule has 7 heteroatoms. The molecule has 5 nitrogen and oxygen atoms in total. The lowest BCUT2D eigenvalue weighted by Crippen LogP contribution is -2.14. The number of rotatable bonds is 13. The van der Waals surface area contributed by atoms with E-state index < -0.39 is 0 Å². The third kappa shape index (κ3) is 7.63. The van der Waals surface area contributed by atoms with Crippen LogP contribution in [0.1, 0.15) is 35.1 Å². The number of aliphatic imine (C=N–C) groups is 1. The van der Waals surface area contributed by atoms with Gasteiger partial charge in [0.2, 0.25) is 0 Å². The number of hydrogen-bond donors (Lipinski definition) is 1. The van der Waals surface area contributed by atoms with Crippen LogP contribution in [0.5, 0.6) is 5.75 Å². The fraction of sp³-hybridized carbons (Fsp3) is 0.320. The van der Waals surface area contributed by atoms with Gasteiger partial charge in [-0.2, -0.15) is 5.26 Å². The van der Waals surface area contributed by atoms with Gasteiger partial charge in [-0.05, 0) is 75.0 Å². The fourth-order valence-electron chi connectivity index (χ4n) is 3.13. The normalized spacial score (nSPS) is 12.1. The first kappa shape index (κ1) is 25.9. The number of nitriles is 1. The molecule has 0 heterocycles. The van der Waals surface area contributed by atoms with Gasteiger partial charge in [-0.25, -0.2) is 0 Å². The fourth-order valence-corrected chi connectivity index (χ4v) is 4.40. The van der Waals surface area contributed by atoms with Crippen molar-refractivity contribution in [3.05, 3.63) is 68.5 Å². The average molecular weight is 514 g/mol. The molecule has 0 aromatic heterocycles. The van der Waals surface area contributed by atoms with Crippen LogP contribution >= 0.6 is 27.7 Å². The Morgan fingerprint density at radius 2 is 2.19 bits per heavy atom. The molecular formula is C25H28BrN3O2S. The van der Waals surface area contributed by atoms with Crippen molar-refractivity contribution in [3.8, 4) is 11.8 Å². The second-order valence-corrected chi connectivity index (χ2v) is 9.16. The summed E-state index contributed by atoms with van der Waals surface area (Å²) in [5.74, 6) is 1.60. The molecule has 0 spiro atoms. The van der Waals surface area contributed by atoms with Crippen molar-refractivity contribution in [2.24, 2.45) is 10.9 Å². The average Bonchev–Trinajstić information content (AvgIpc) is 2.80. The van der Waals surface area contributed by atoms with Crippen molar-refractivity contribution in [2.75, 3.05) is 19.3 Å². The van der Waals surface area contributed by atoms with Gasteiger partial charge in [0.1, 0.15) is 18.6 Å². The van der Waals surface area contributed by atoms with Crippen molar-refractivity contribution in [2.45, 2.75) is 26.4 Å². The second kappa shape index (κ2) is 13.9. The van der Waals surface area contributed by atoms with E-state index in [1.54, 1.807) is 17.8 Å². The molecule has 0 bridgehead atoms. The maximum absolute atomic E-state index is 11.2. The molecule has 1 atom stereocenters. The highest BCUT2D eigenvalue weighted by molar-refractivity contribution is 9.10. The summed E-state index contributed by atoms with van der Waals surface area (Å²) >= 11 is 5.01. The monoisotopic (exact) mass is 513 g/mol. The number of nitrogens with zero attached hydrogens (tertiary/aromatic N) is 2. The molecule has 0 fully saturated rings. The van der Waals surface area contributed by atoms with E-state index in [-0.39, 0.29) is 12.5 Å². The van der Waals surface area contributed by atoms with Gasteiger partial charge in [0.15, 0.2) is 0 Å². The summed E-state index contributed by atoms with van der Waals surface area (Å²) in [6, 6.07) is 13.7. The van der Waals surface area contributed by atoms with Crippen LogP contribution in [-0.4, -0.2) is 32.3 Å². The molecule has 1 unspecified atom stereocenters. The van der Waals surface area contributed by atoms with E-state index in [0.717, 1.165) is 64.0 Å². The first-order chi connectivity index (χ1) is 15.5. The van der Waals surface area contributed by atoms with E-state index in [1.165, 1.54) is 0 Å². The summed E-state index contributed by atoms with van der Waals surface area (Å²) in [5.41, 5.74) is 3.95. The standard InChI is InChI=1S/C25H28BrN3O2S/c1-18-5-4-6-23(24(29-3)17-32-12-10-19(15-30)9-11-28-2)25(18)31-16-20-7-8-22(26)13-21(20)14-27/h4-8,13,15,17,19,28H,3,9-12,16H2,1-2H3/b24-17-. The van der Waals surface area contributed by atoms with Crippen molar-refractivity contribution in [1.82, 2.24) is 5.32 Å². The van der Waals surface area contributed by atoms with Gasteiger partial charge >= 0.3 is 0 Å². The van der Waals surface area contributed by atoms with Crippen LogP contribution in [0.25, 0.3) is 5.70 Å². The molecule has 2 aromatic carbocycles. The molecule has 2 rings (SSSR count). The first-order valence-electron chi connectivity index (χ1n) is 10.3. The van der Waals surface area contributed by atoms with Crippen LogP contribution in [0.2, 0.25) is 0 Å². The van der Waals surface area contributed by atoms with E-state index in [9.17, 15) is 10.1 Å². The summed E-state index contributed by atoms with van der Waals surface area (Å²) < 4.78 is 7.02. The maximum atomic E-state index is 11.2. The van der Waals surface area contributed by atoms with Gasteiger partial charge in [-0.3, -0.25) is 4.99 Å². The first-order valence-corrected chi connectivity index (χ1v) is 12.2. The van der Waals surface area contributed by atoms with Crippen LogP contribution in [0.4, 0.5) is 0 Å². The molecule has 0 saturated heterocycles. The Morgan fingerprint density at radius 3 is 2.88 bits per heavy atom. The van der Waals surface area contributed by atoms with Crippen molar-refractivity contribution in [1.29, 1.82) is 5.26 Å². The predicted molar refractivity (Wildman–Crippen MR) is 137 cm³/mol. The highest BCUT2D eigenvalue weighted by Gasteiger charge is 2.13. The van der Waals surface area contributed by atoms with E-state index in [1.807, 2.05) is 49.7 Å². The van der Waals surface area contributed by atoms with Gasteiger partial charge in [0.25, 0.3) is 0 Å². The Morgan fingerprint density at radius 1 is 1.38 bits per heavy atom. The minimum absolute atomic E-state index is 0.0570. The van der Waals surface area contributed by atoms with E-state index in [4.69, 9.17) is 4.74 Å². The second-order valence-electron chi connectivity index (χ2n) is 7.26. The maximum Gasteiger partial charge on any atom is 0.132 e. The summed E-state index contributed by atoms with van der Waals surface area (Å²) in [4.78, 5) is 15.5. The minimum atomic E-state index is 0.0570. The van der Waals surface area contributed by atoms with Gasteiger partial charge in [-0.1, -0.05) is 34.1 Å². The zero-order valence-electron chi connectivity index (χ0n) is 18.4. The Kier molecular flexibility index (Phi) is 11.2. The van der Waals surface area contributed by atoms with Crippen LogP contribution in [0.15, 0.2) is 51.3 Å². The van der Waals surface area contributed by atoms with Crippen molar-refractivity contribution >= 4 is 46.4 Å². The van der Waals surface area contributed by atoms with Crippen LogP contribution < -0.4 is 10.1 Å². The molecule has 0 radical (unpaired) electrons. The quantitative estimate of drug-likeness (QED) is 0.209. The molecule has 2 aromatic rings. The Bertz CT molecular complexity index is 1000. The number of thioether (sulfide) groups is 1. The molecule has 1 N–H and O–H groups in total. The Hall–Kier alpha value is -2.40. The lowest BCUT2D eigenvalue weighted by molar-refractivity contribution is -0.111. The van der Waals surface area contributed by atoms with Crippen molar-refractivity contribution < 1.29 is 9.53 Å². The molecule has 0 aliphatic rings. The zero-order valence-corrected chi connectivity index (χ0v) is 20.8. The molecule has 32 heavy (non-hydrogen) atoms.